The summed E-state index contributed by atoms with van der Waals surface area (Å²) >= 11 is 0. The summed E-state index contributed by atoms with van der Waals surface area (Å²) in [6.45, 7) is 0. The van der Waals surface area contributed by atoms with Crippen LogP contribution in [0.1, 0.15) is 18.0 Å². The minimum absolute atomic E-state index is 0.0462. The number of carbonyl (C=O) groups is 2. The van der Waals surface area contributed by atoms with Crippen LogP contribution < -0.4 is 5.32 Å². The summed E-state index contributed by atoms with van der Waals surface area (Å²) in [5, 5.41) is 2.52. The van der Waals surface area contributed by atoms with E-state index in [1.54, 1.807) is 0 Å². The first-order chi connectivity index (χ1) is 8.51. The van der Waals surface area contributed by atoms with Crippen LogP contribution in [-0.4, -0.2) is 19.0 Å². The molecule has 0 bridgehead atoms. The molecule has 1 amide bonds. The molecule has 1 aromatic rings. The van der Waals surface area contributed by atoms with Crippen LogP contribution in [-0.2, 0) is 14.3 Å². The topological polar surface area (TPSA) is 55.4 Å². The van der Waals surface area contributed by atoms with Crippen molar-refractivity contribution in [2.75, 3.05) is 7.11 Å². The third-order valence-corrected chi connectivity index (χ3v) is 2.87. The molecule has 18 heavy (non-hydrogen) atoms. The monoisotopic (exact) mass is 255 g/mol. The number of rotatable bonds is 2. The molecular weight excluding hydrogens is 244 g/mol. The Labute approximate surface area is 102 Å². The fourth-order valence-corrected chi connectivity index (χ4v) is 2.09. The lowest BCUT2D eigenvalue weighted by molar-refractivity contribution is -0.146. The predicted octanol–water partition coefficient (Wildman–Crippen LogP) is 1.31. The number of carbonyl (C=O) groups excluding carboxylic acids is 2. The number of amides is 1. The zero-order valence-corrected chi connectivity index (χ0v) is 9.57. The number of benzene rings is 1. The van der Waals surface area contributed by atoms with Crippen molar-refractivity contribution < 1.29 is 23.1 Å². The van der Waals surface area contributed by atoms with E-state index < -0.39 is 29.6 Å². The van der Waals surface area contributed by atoms with Crippen LogP contribution >= 0.6 is 0 Å². The fraction of sp³-hybridized carbons (Fsp3) is 0.333. The normalized spacial score (nSPS) is 22.7. The molecule has 0 aliphatic carbocycles. The molecule has 2 rings (SSSR count). The SMILES string of the molecule is COC(=O)[C@H]1CC(=O)NC1c1cc(F)cc(F)c1. The van der Waals surface area contributed by atoms with Crippen LogP contribution in [0.15, 0.2) is 18.2 Å². The van der Waals surface area contributed by atoms with Crippen molar-refractivity contribution in [2.45, 2.75) is 12.5 Å². The minimum atomic E-state index is -0.760. The first-order valence-corrected chi connectivity index (χ1v) is 5.34. The van der Waals surface area contributed by atoms with Gasteiger partial charge < -0.3 is 10.1 Å². The summed E-state index contributed by atoms with van der Waals surface area (Å²) in [7, 11) is 1.20. The number of nitrogens with one attached hydrogen (secondary N) is 1. The molecule has 6 heteroatoms. The van der Waals surface area contributed by atoms with Crippen molar-refractivity contribution in [1.29, 1.82) is 0 Å². The molecule has 4 nitrogen and oxygen atoms in total. The molecule has 1 fully saturated rings. The molecule has 1 aromatic carbocycles. The Balaban J connectivity index is 2.35. The summed E-state index contributed by atoms with van der Waals surface area (Å²) in [5.74, 6) is -3.20. The average molecular weight is 255 g/mol. The van der Waals surface area contributed by atoms with Gasteiger partial charge in [0.25, 0.3) is 0 Å². The molecule has 0 aromatic heterocycles. The second kappa shape index (κ2) is 4.72. The van der Waals surface area contributed by atoms with Gasteiger partial charge in [0.15, 0.2) is 0 Å². The van der Waals surface area contributed by atoms with Gasteiger partial charge in [-0.15, -0.1) is 0 Å². The molecule has 0 spiro atoms. The quantitative estimate of drug-likeness (QED) is 0.811. The van der Waals surface area contributed by atoms with Crippen molar-refractivity contribution >= 4 is 11.9 Å². The highest BCUT2D eigenvalue weighted by Crippen LogP contribution is 2.31. The number of hydrogen-bond donors (Lipinski definition) is 1. The largest absolute Gasteiger partial charge is 0.469 e. The van der Waals surface area contributed by atoms with Crippen molar-refractivity contribution in [3.63, 3.8) is 0 Å². The summed E-state index contributed by atoms with van der Waals surface area (Å²) in [4.78, 5) is 22.8. The first-order valence-electron chi connectivity index (χ1n) is 5.34. The van der Waals surface area contributed by atoms with Gasteiger partial charge in [-0.1, -0.05) is 0 Å². The number of hydrogen-bond acceptors (Lipinski definition) is 3. The Bertz CT molecular complexity index is 484. The molecule has 1 unspecified atom stereocenters. The summed E-state index contributed by atoms with van der Waals surface area (Å²) in [6, 6.07) is 2.16. The maximum absolute atomic E-state index is 13.1. The molecular formula is C12H11F2NO3. The fourth-order valence-electron chi connectivity index (χ4n) is 2.09. The van der Waals surface area contributed by atoms with Crippen LogP contribution in [0.4, 0.5) is 8.78 Å². The van der Waals surface area contributed by atoms with Crippen molar-refractivity contribution in [2.24, 2.45) is 5.92 Å². The maximum atomic E-state index is 13.1. The Morgan fingerprint density at radius 1 is 1.33 bits per heavy atom. The van der Waals surface area contributed by atoms with Gasteiger partial charge in [0.05, 0.1) is 19.1 Å². The van der Waals surface area contributed by atoms with Crippen LogP contribution in [0.25, 0.3) is 0 Å². The van der Waals surface area contributed by atoms with Crippen LogP contribution in [0.5, 0.6) is 0 Å². The van der Waals surface area contributed by atoms with E-state index in [9.17, 15) is 18.4 Å². The lowest BCUT2D eigenvalue weighted by Crippen LogP contribution is -2.25. The Morgan fingerprint density at radius 2 is 1.94 bits per heavy atom. The van der Waals surface area contributed by atoms with E-state index in [0.717, 1.165) is 18.2 Å². The third-order valence-electron chi connectivity index (χ3n) is 2.87. The van der Waals surface area contributed by atoms with E-state index in [0.29, 0.717) is 0 Å². The van der Waals surface area contributed by atoms with Crippen molar-refractivity contribution in [1.82, 2.24) is 5.32 Å². The lowest BCUT2D eigenvalue weighted by atomic mass is 9.94. The van der Waals surface area contributed by atoms with Crippen molar-refractivity contribution in [3.05, 3.63) is 35.4 Å². The van der Waals surface area contributed by atoms with Crippen LogP contribution in [0, 0.1) is 17.6 Å². The van der Waals surface area contributed by atoms with E-state index in [1.165, 1.54) is 7.11 Å². The van der Waals surface area contributed by atoms with Crippen molar-refractivity contribution in [3.8, 4) is 0 Å². The highest BCUT2D eigenvalue weighted by molar-refractivity contribution is 5.87. The molecule has 0 radical (unpaired) electrons. The molecule has 1 aliphatic heterocycles. The minimum Gasteiger partial charge on any atom is -0.469 e. The second-order valence-corrected chi connectivity index (χ2v) is 4.08. The second-order valence-electron chi connectivity index (χ2n) is 4.08. The highest BCUT2D eigenvalue weighted by atomic mass is 19.1. The average Bonchev–Trinajstić information content (AvgIpc) is 2.69. The van der Waals surface area contributed by atoms with Gasteiger partial charge in [0, 0.05) is 12.5 Å². The lowest BCUT2D eigenvalue weighted by Gasteiger charge is -2.17. The standard InChI is InChI=1S/C12H11F2NO3/c1-18-12(17)9-5-10(16)15-11(9)6-2-7(13)4-8(14)3-6/h2-4,9,11H,5H2,1H3,(H,15,16)/t9-,11?/m0/s1. The van der Waals surface area contributed by atoms with E-state index >= 15 is 0 Å². The summed E-state index contributed by atoms with van der Waals surface area (Å²) in [6.07, 6.45) is -0.0462. The highest BCUT2D eigenvalue weighted by Gasteiger charge is 2.39. The van der Waals surface area contributed by atoms with Gasteiger partial charge >= 0.3 is 5.97 Å². The molecule has 0 saturated carbocycles. The third kappa shape index (κ3) is 2.32. The van der Waals surface area contributed by atoms with Gasteiger partial charge in [-0.3, -0.25) is 9.59 Å². The number of esters is 1. The zero-order chi connectivity index (χ0) is 13.3. The predicted molar refractivity (Wildman–Crippen MR) is 57.4 cm³/mol. The Morgan fingerprint density at radius 3 is 2.50 bits per heavy atom. The van der Waals surface area contributed by atoms with Gasteiger partial charge in [-0.05, 0) is 17.7 Å². The number of ether oxygens (including phenoxy) is 1. The zero-order valence-electron chi connectivity index (χ0n) is 9.57. The summed E-state index contributed by atoms with van der Waals surface area (Å²) < 4.78 is 30.8. The van der Waals surface area contributed by atoms with Gasteiger partial charge in [0.2, 0.25) is 5.91 Å². The van der Waals surface area contributed by atoms with E-state index in [2.05, 4.69) is 10.1 Å². The number of halogens is 2. The van der Waals surface area contributed by atoms with Gasteiger partial charge in [-0.25, -0.2) is 8.78 Å². The Hall–Kier alpha value is -1.98. The van der Waals surface area contributed by atoms with Crippen LogP contribution in [0.3, 0.4) is 0 Å². The van der Waals surface area contributed by atoms with Gasteiger partial charge in [0.1, 0.15) is 11.6 Å². The summed E-state index contributed by atoms with van der Waals surface area (Å²) in [5.41, 5.74) is 0.216. The Kier molecular flexibility index (Phi) is 3.27. The van der Waals surface area contributed by atoms with Gasteiger partial charge in [-0.2, -0.15) is 0 Å². The smallest absolute Gasteiger partial charge is 0.311 e. The van der Waals surface area contributed by atoms with E-state index in [-0.39, 0.29) is 17.9 Å². The molecule has 96 valence electrons. The van der Waals surface area contributed by atoms with E-state index in [4.69, 9.17) is 0 Å². The number of methoxy groups -OCH3 is 1. The molecule has 1 N–H and O–H groups in total. The molecule has 1 saturated heterocycles. The maximum Gasteiger partial charge on any atom is 0.311 e. The molecule has 2 atom stereocenters. The first kappa shape index (κ1) is 12.5. The van der Waals surface area contributed by atoms with Crippen LogP contribution in [0.2, 0.25) is 0 Å². The molecule has 1 aliphatic rings. The van der Waals surface area contributed by atoms with E-state index in [1.807, 2.05) is 0 Å². The molecule has 1 heterocycles.